The number of ether oxygens (including phenoxy) is 1. The number of aliphatic carboxylic acids is 1. The summed E-state index contributed by atoms with van der Waals surface area (Å²) in [6.07, 6.45) is 3.78. The van der Waals surface area contributed by atoms with Crippen LogP contribution in [0.3, 0.4) is 0 Å². The molecule has 100 valence electrons. The Kier molecular flexibility index (Phi) is 5.56. The highest BCUT2D eigenvalue weighted by molar-refractivity contribution is 7.10. The first-order chi connectivity index (χ1) is 8.38. The molecule has 0 saturated heterocycles. The molecule has 0 radical (unpaired) electrons. The van der Waals surface area contributed by atoms with Gasteiger partial charge in [-0.25, -0.2) is 4.79 Å². The number of hydrogen-bond acceptors (Lipinski definition) is 3. The van der Waals surface area contributed by atoms with Crippen molar-refractivity contribution in [3.63, 3.8) is 0 Å². The average Bonchev–Trinajstić information content (AvgIpc) is 2.67. The van der Waals surface area contributed by atoms with E-state index >= 15 is 0 Å². The molecule has 0 aliphatic rings. The Morgan fingerprint density at radius 3 is 2.83 bits per heavy atom. The molecule has 3 nitrogen and oxygen atoms in total. The van der Waals surface area contributed by atoms with E-state index in [4.69, 9.17) is 9.84 Å². The average molecular weight is 268 g/mol. The largest absolute Gasteiger partial charge is 0.478 e. The van der Waals surface area contributed by atoms with Gasteiger partial charge in [-0.1, -0.05) is 20.8 Å². The Balaban J connectivity index is 2.43. The third-order valence-electron chi connectivity index (χ3n) is 2.41. The summed E-state index contributed by atoms with van der Waals surface area (Å²) in [5.74, 6) is -0.930. The molecular weight excluding hydrogens is 248 g/mol. The molecule has 0 aliphatic carbocycles. The fraction of sp³-hybridized carbons (Fsp3) is 0.500. The van der Waals surface area contributed by atoms with E-state index in [1.54, 1.807) is 17.4 Å². The van der Waals surface area contributed by atoms with Crippen molar-refractivity contribution in [2.45, 2.75) is 33.8 Å². The number of carbonyl (C=O) groups is 1. The van der Waals surface area contributed by atoms with E-state index in [0.717, 1.165) is 29.5 Å². The normalized spacial score (nSPS) is 12.2. The van der Waals surface area contributed by atoms with Crippen molar-refractivity contribution < 1.29 is 14.6 Å². The van der Waals surface area contributed by atoms with Gasteiger partial charge in [-0.05, 0) is 34.9 Å². The second-order valence-electron chi connectivity index (χ2n) is 5.33. The summed E-state index contributed by atoms with van der Waals surface area (Å²) in [4.78, 5) is 11.5. The van der Waals surface area contributed by atoms with Crippen LogP contribution in [0.25, 0.3) is 6.08 Å². The maximum Gasteiger partial charge on any atom is 0.328 e. The number of thiophene rings is 1. The lowest BCUT2D eigenvalue weighted by molar-refractivity contribution is -0.131. The van der Waals surface area contributed by atoms with E-state index in [1.807, 2.05) is 11.4 Å². The quantitative estimate of drug-likeness (QED) is 0.630. The summed E-state index contributed by atoms with van der Waals surface area (Å²) in [5.41, 5.74) is 1.21. The van der Waals surface area contributed by atoms with E-state index < -0.39 is 5.97 Å². The number of carboxylic acid groups (broad SMARTS) is 1. The predicted molar refractivity (Wildman–Crippen MR) is 74.7 cm³/mol. The SMILES string of the molecule is CC(C)(C)CCOCc1sccc1C=CC(=O)O. The molecule has 0 saturated carbocycles. The zero-order valence-corrected chi connectivity index (χ0v) is 11.9. The zero-order chi connectivity index (χ0) is 13.6. The summed E-state index contributed by atoms with van der Waals surface area (Å²) >= 11 is 1.59. The van der Waals surface area contributed by atoms with Gasteiger partial charge in [0.05, 0.1) is 6.61 Å². The fourth-order valence-electron chi connectivity index (χ4n) is 1.32. The lowest BCUT2D eigenvalue weighted by Gasteiger charge is -2.17. The van der Waals surface area contributed by atoms with E-state index in [1.165, 1.54) is 0 Å². The van der Waals surface area contributed by atoms with Crippen molar-refractivity contribution in [1.29, 1.82) is 0 Å². The standard InChI is InChI=1S/C14H20O3S/c1-14(2,3)7-8-17-10-12-11(6-9-18-12)4-5-13(15)16/h4-6,9H,7-8,10H2,1-3H3,(H,15,16). The van der Waals surface area contributed by atoms with E-state index in [0.29, 0.717) is 6.61 Å². The van der Waals surface area contributed by atoms with Crippen molar-refractivity contribution in [3.05, 3.63) is 28.0 Å². The molecule has 0 aliphatic heterocycles. The highest BCUT2D eigenvalue weighted by Gasteiger charge is 2.10. The van der Waals surface area contributed by atoms with Gasteiger partial charge in [0.15, 0.2) is 0 Å². The lowest BCUT2D eigenvalue weighted by Crippen LogP contribution is -2.09. The van der Waals surface area contributed by atoms with Crippen molar-refractivity contribution in [1.82, 2.24) is 0 Å². The molecule has 0 atom stereocenters. The Hall–Kier alpha value is -1.13. The second kappa shape index (κ2) is 6.71. The summed E-state index contributed by atoms with van der Waals surface area (Å²) in [6.45, 7) is 7.82. The summed E-state index contributed by atoms with van der Waals surface area (Å²) in [7, 11) is 0. The number of rotatable bonds is 6. The monoisotopic (exact) mass is 268 g/mol. The van der Waals surface area contributed by atoms with Gasteiger partial charge in [-0.2, -0.15) is 0 Å². The van der Waals surface area contributed by atoms with Crippen LogP contribution in [0.1, 0.15) is 37.6 Å². The first kappa shape index (κ1) is 14.9. The minimum Gasteiger partial charge on any atom is -0.478 e. The van der Waals surface area contributed by atoms with Crippen LogP contribution in [0.15, 0.2) is 17.5 Å². The molecule has 1 rings (SSSR count). The Morgan fingerprint density at radius 2 is 2.22 bits per heavy atom. The summed E-state index contributed by atoms with van der Waals surface area (Å²) in [5, 5.41) is 10.5. The van der Waals surface area contributed by atoms with E-state index in [-0.39, 0.29) is 5.41 Å². The van der Waals surface area contributed by atoms with Crippen LogP contribution in [-0.4, -0.2) is 17.7 Å². The molecule has 0 bridgehead atoms. The van der Waals surface area contributed by atoms with E-state index in [2.05, 4.69) is 20.8 Å². The highest BCUT2D eigenvalue weighted by Crippen LogP contribution is 2.21. The third kappa shape index (κ3) is 5.98. The van der Waals surface area contributed by atoms with Crippen LogP contribution >= 0.6 is 11.3 Å². The van der Waals surface area contributed by atoms with Crippen molar-refractivity contribution in [2.75, 3.05) is 6.61 Å². The summed E-state index contributed by atoms with van der Waals surface area (Å²) < 4.78 is 5.63. The van der Waals surface area contributed by atoms with Gasteiger partial charge in [-0.3, -0.25) is 0 Å². The molecule has 0 spiro atoms. The Bertz CT molecular complexity index is 413. The molecule has 0 amide bonds. The molecule has 1 aromatic heterocycles. The van der Waals surface area contributed by atoms with Crippen LogP contribution in [-0.2, 0) is 16.1 Å². The lowest BCUT2D eigenvalue weighted by atomic mass is 9.93. The molecule has 0 aromatic carbocycles. The van der Waals surface area contributed by atoms with Gasteiger partial charge in [0.2, 0.25) is 0 Å². The van der Waals surface area contributed by atoms with Crippen molar-refractivity contribution in [3.8, 4) is 0 Å². The molecule has 4 heteroatoms. The fourth-order valence-corrected chi connectivity index (χ4v) is 2.12. The molecular formula is C14H20O3S. The molecule has 0 fully saturated rings. The van der Waals surface area contributed by atoms with Crippen LogP contribution in [0, 0.1) is 5.41 Å². The molecule has 1 heterocycles. The highest BCUT2D eigenvalue weighted by atomic mass is 32.1. The van der Waals surface area contributed by atoms with Crippen LogP contribution in [0.5, 0.6) is 0 Å². The predicted octanol–water partition coefficient (Wildman–Crippen LogP) is 3.80. The number of hydrogen-bond donors (Lipinski definition) is 1. The van der Waals surface area contributed by atoms with Gasteiger partial charge >= 0.3 is 5.97 Å². The molecule has 0 unspecified atom stereocenters. The van der Waals surface area contributed by atoms with E-state index in [9.17, 15) is 4.79 Å². The maximum atomic E-state index is 10.5. The van der Waals surface area contributed by atoms with Crippen LogP contribution < -0.4 is 0 Å². The molecule has 1 N–H and O–H groups in total. The zero-order valence-electron chi connectivity index (χ0n) is 11.1. The topological polar surface area (TPSA) is 46.5 Å². The maximum absolute atomic E-state index is 10.5. The molecule has 18 heavy (non-hydrogen) atoms. The first-order valence-electron chi connectivity index (χ1n) is 5.93. The second-order valence-corrected chi connectivity index (χ2v) is 6.33. The Morgan fingerprint density at radius 1 is 1.50 bits per heavy atom. The first-order valence-corrected chi connectivity index (χ1v) is 6.81. The van der Waals surface area contributed by atoms with Crippen LogP contribution in [0.2, 0.25) is 0 Å². The van der Waals surface area contributed by atoms with Gasteiger partial charge < -0.3 is 9.84 Å². The van der Waals surface area contributed by atoms with Crippen molar-refractivity contribution >= 4 is 23.4 Å². The minimum atomic E-state index is -0.930. The smallest absolute Gasteiger partial charge is 0.328 e. The summed E-state index contributed by atoms with van der Waals surface area (Å²) in [6, 6.07) is 1.91. The third-order valence-corrected chi connectivity index (χ3v) is 3.33. The number of carboxylic acids is 1. The van der Waals surface area contributed by atoms with Gasteiger partial charge in [0.25, 0.3) is 0 Å². The minimum absolute atomic E-state index is 0.279. The van der Waals surface area contributed by atoms with Gasteiger partial charge in [0, 0.05) is 17.6 Å². The van der Waals surface area contributed by atoms with Gasteiger partial charge in [0.1, 0.15) is 0 Å². The molecule has 1 aromatic rings. The van der Waals surface area contributed by atoms with Gasteiger partial charge in [-0.15, -0.1) is 11.3 Å². The van der Waals surface area contributed by atoms with Crippen LogP contribution in [0.4, 0.5) is 0 Å². The Labute approximate surface area is 112 Å². The van der Waals surface area contributed by atoms with Crippen molar-refractivity contribution in [2.24, 2.45) is 5.41 Å².